The number of carboxylic acids is 1. The van der Waals surface area contributed by atoms with Gasteiger partial charge in [-0.2, -0.15) is 0 Å². The van der Waals surface area contributed by atoms with Gasteiger partial charge in [0.05, 0.1) is 0 Å². The molecule has 1 atom stereocenters. The molecule has 4 nitrogen and oxygen atoms in total. The smallest absolute Gasteiger partial charge is 0.322 e. The normalized spacial score (nSPS) is 21.1. The number of likely N-dealkylation sites (tertiary alicyclic amines) is 1. The highest BCUT2D eigenvalue weighted by Gasteiger charge is 2.20. The van der Waals surface area contributed by atoms with Crippen LogP contribution in [0.2, 0.25) is 0 Å². The Kier molecular flexibility index (Phi) is 3.49. The zero-order valence-electron chi connectivity index (χ0n) is 7.42. The van der Waals surface area contributed by atoms with Crippen LogP contribution in [0.4, 0.5) is 0 Å². The molecular weight excluding hydrogens is 156 g/mol. The molecule has 0 radical (unpaired) electrons. The maximum Gasteiger partial charge on any atom is 0.322 e. The second-order valence-electron chi connectivity index (χ2n) is 3.19. The van der Waals surface area contributed by atoms with Crippen molar-refractivity contribution in [3.63, 3.8) is 0 Å². The molecule has 2 N–H and O–H groups in total. The Morgan fingerprint density at radius 3 is 2.58 bits per heavy atom. The van der Waals surface area contributed by atoms with Crippen molar-refractivity contribution in [3.8, 4) is 0 Å². The first-order valence-electron chi connectivity index (χ1n) is 4.36. The molecule has 0 saturated carbocycles. The average Bonchev–Trinajstić information content (AvgIpc) is 2.51. The second-order valence-corrected chi connectivity index (χ2v) is 3.19. The van der Waals surface area contributed by atoms with E-state index in [0.29, 0.717) is 6.54 Å². The van der Waals surface area contributed by atoms with Crippen LogP contribution in [0.15, 0.2) is 0 Å². The minimum Gasteiger partial charge on any atom is -0.480 e. The minimum atomic E-state index is -0.760. The summed E-state index contributed by atoms with van der Waals surface area (Å²) in [7, 11) is 1.69. The van der Waals surface area contributed by atoms with Crippen molar-refractivity contribution in [2.24, 2.45) is 0 Å². The predicted molar refractivity (Wildman–Crippen MR) is 46.2 cm³/mol. The van der Waals surface area contributed by atoms with E-state index in [1.54, 1.807) is 7.05 Å². The van der Waals surface area contributed by atoms with Crippen molar-refractivity contribution in [1.29, 1.82) is 0 Å². The third-order valence-electron chi connectivity index (χ3n) is 2.29. The molecule has 0 aromatic carbocycles. The van der Waals surface area contributed by atoms with E-state index in [4.69, 9.17) is 5.11 Å². The fourth-order valence-corrected chi connectivity index (χ4v) is 1.52. The molecule has 0 aromatic rings. The maximum absolute atomic E-state index is 10.6. The number of nitrogens with zero attached hydrogens (tertiary/aromatic N) is 1. The van der Waals surface area contributed by atoms with Crippen molar-refractivity contribution in [2.75, 3.05) is 26.7 Å². The first kappa shape index (κ1) is 9.48. The lowest BCUT2D eigenvalue weighted by Gasteiger charge is -2.19. The number of carboxylic acid groups (broad SMARTS) is 1. The summed E-state index contributed by atoms with van der Waals surface area (Å²) < 4.78 is 0. The highest BCUT2D eigenvalue weighted by Crippen LogP contribution is 2.07. The number of aliphatic carboxylic acids is 1. The van der Waals surface area contributed by atoms with Gasteiger partial charge in [-0.3, -0.25) is 4.79 Å². The van der Waals surface area contributed by atoms with E-state index >= 15 is 0 Å². The van der Waals surface area contributed by atoms with Gasteiger partial charge in [-0.1, -0.05) is 0 Å². The van der Waals surface area contributed by atoms with Gasteiger partial charge >= 0.3 is 5.97 Å². The first-order chi connectivity index (χ1) is 5.74. The van der Waals surface area contributed by atoms with Crippen LogP contribution in [0.25, 0.3) is 0 Å². The quantitative estimate of drug-likeness (QED) is 0.614. The molecule has 1 unspecified atom stereocenters. The number of hydrogen-bond acceptors (Lipinski definition) is 3. The number of carbonyl (C=O) groups is 1. The standard InChI is InChI=1S/C8H16N2O2/c1-9-7(8(11)12)6-10-4-2-3-5-10/h7,9H,2-6H2,1H3,(H,11,12). The molecule has 1 rings (SSSR count). The Labute approximate surface area is 72.6 Å². The van der Waals surface area contributed by atoms with Crippen LogP contribution < -0.4 is 5.32 Å². The molecule has 4 heteroatoms. The molecule has 0 aromatic heterocycles. The van der Waals surface area contributed by atoms with Crippen LogP contribution in [0, 0.1) is 0 Å². The van der Waals surface area contributed by atoms with E-state index in [1.165, 1.54) is 12.8 Å². The lowest BCUT2D eigenvalue weighted by molar-refractivity contribution is -0.139. The predicted octanol–water partition coefficient (Wildman–Crippen LogP) is -0.245. The van der Waals surface area contributed by atoms with Crippen LogP contribution in [0.5, 0.6) is 0 Å². The number of hydrogen-bond donors (Lipinski definition) is 2. The molecule has 0 bridgehead atoms. The molecule has 1 aliphatic heterocycles. The molecule has 1 heterocycles. The summed E-state index contributed by atoms with van der Waals surface area (Å²) in [5.41, 5.74) is 0. The molecule has 1 aliphatic rings. The zero-order valence-corrected chi connectivity index (χ0v) is 7.42. The Bertz CT molecular complexity index is 155. The minimum absolute atomic E-state index is 0.414. The molecule has 12 heavy (non-hydrogen) atoms. The van der Waals surface area contributed by atoms with E-state index in [9.17, 15) is 4.79 Å². The molecule has 0 amide bonds. The monoisotopic (exact) mass is 172 g/mol. The second kappa shape index (κ2) is 4.42. The van der Waals surface area contributed by atoms with Crippen LogP contribution >= 0.6 is 0 Å². The summed E-state index contributed by atoms with van der Waals surface area (Å²) in [5.74, 6) is -0.760. The summed E-state index contributed by atoms with van der Waals surface area (Å²) in [6, 6.07) is -0.414. The summed E-state index contributed by atoms with van der Waals surface area (Å²) in [4.78, 5) is 12.8. The van der Waals surface area contributed by atoms with Gasteiger partial charge in [0.25, 0.3) is 0 Å². The molecular formula is C8H16N2O2. The van der Waals surface area contributed by atoms with Gasteiger partial charge in [0.1, 0.15) is 6.04 Å². The Morgan fingerprint density at radius 2 is 2.17 bits per heavy atom. The first-order valence-corrected chi connectivity index (χ1v) is 4.36. The number of likely N-dealkylation sites (N-methyl/N-ethyl adjacent to an activating group) is 1. The number of nitrogens with one attached hydrogen (secondary N) is 1. The Hall–Kier alpha value is -0.610. The van der Waals surface area contributed by atoms with E-state index < -0.39 is 12.0 Å². The number of rotatable bonds is 4. The van der Waals surface area contributed by atoms with Gasteiger partial charge in [-0.05, 0) is 33.0 Å². The average molecular weight is 172 g/mol. The van der Waals surface area contributed by atoms with Crippen molar-refractivity contribution >= 4 is 5.97 Å². The van der Waals surface area contributed by atoms with Gasteiger partial charge in [0.15, 0.2) is 0 Å². The molecule has 0 aliphatic carbocycles. The zero-order chi connectivity index (χ0) is 8.97. The van der Waals surface area contributed by atoms with Gasteiger partial charge in [0.2, 0.25) is 0 Å². The lowest BCUT2D eigenvalue weighted by Crippen LogP contribution is -2.43. The van der Waals surface area contributed by atoms with E-state index in [2.05, 4.69) is 10.2 Å². The summed E-state index contributed by atoms with van der Waals surface area (Å²) >= 11 is 0. The molecule has 0 spiro atoms. The van der Waals surface area contributed by atoms with Crippen molar-refractivity contribution in [1.82, 2.24) is 10.2 Å². The topological polar surface area (TPSA) is 52.6 Å². The van der Waals surface area contributed by atoms with Gasteiger partial charge < -0.3 is 15.3 Å². The van der Waals surface area contributed by atoms with Crippen molar-refractivity contribution in [2.45, 2.75) is 18.9 Å². The van der Waals surface area contributed by atoms with Gasteiger partial charge in [-0.25, -0.2) is 0 Å². The third-order valence-corrected chi connectivity index (χ3v) is 2.29. The summed E-state index contributed by atoms with van der Waals surface area (Å²) in [6.07, 6.45) is 2.41. The van der Waals surface area contributed by atoms with Crippen LogP contribution in [0.3, 0.4) is 0 Å². The third kappa shape index (κ3) is 2.46. The van der Waals surface area contributed by atoms with Crippen molar-refractivity contribution in [3.05, 3.63) is 0 Å². The van der Waals surface area contributed by atoms with Crippen molar-refractivity contribution < 1.29 is 9.90 Å². The molecule has 1 fully saturated rings. The fourth-order valence-electron chi connectivity index (χ4n) is 1.52. The van der Waals surface area contributed by atoms with Crippen LogP contribution in [-0.2, 0) is 4.79 Å². The largest absolute Gasteiger partial charge is 0.480 e. The highest BCUT2D eigenvalue weighted by molar-refractivity contribution is 5.73. The van der Waals surface area contributed by atoms with E-state index in [0.717, 1.165) is 13.1 Å². The summed E-state index contributed by atoms with van der Waals surface area (Å²) in [5, 5.41) is 11.5. The Morgan fingerprint density at radius 1 is 1.58 bits per heavy atom. The molecule has 1 saturated heterocycles. The van der Waals surface area contributed by atoms with Crippen LogP contribution in [-0.4, -0.2) is 48.7 Å². The highest BCUT2D eigenvalue weighted by atomic mass is 16.4. The van der Waals surface area contributed by atoms with Gasteiger partial charge in [-0.15, -0.1) is 0 Å². The van der Waals surface area contributed by atoms with E-state index in [1.807, 2.05) is 0 Å². The maximum atomic E-state index is 10.6. The Balaban J connectivity index is 2.30. The fraction of sp³-hybridized carbons (Fsp3) is 0.875. The van der Waals surface area contributed by atoms with E-state index in [-0.39, 0.29) is 0 Å². The summed E-state index contributed by atoms with van der Waals surface area (Å²) in [6.45, 7) is 2.72. The van der Waals surface area contributed by atoms with Gasteiger partial charge in [0, 0.05) is 6.54 Å². The van der Waals surface area contributed by atoms with Crippen LogP contribution in [0.1, 0.15) is 12.8 Å². The SMILES string of the molecule is CNC(CN1CCCC1)C(=O)O. The lowest BCUT2D eigenvalue weighted by atomic mass is 10.3. The molecule has 70 valence electrons.